The zero-order chi connectivity index (χ0) is 11.9. The smallest absolute Gasteiger partial charge is 0.317 e. The van der Waals surface area contributed by atoms with Crippen LogP contribution in [0.3, 0.4) is 0 Å². The summed E-state index contributed by atoms with van der Waals surface area (Å²) < 4.78 is 35.4. The Kier molecular flexibility index (Phi) is 6.13. The molecule has 0 aliphatic carbocycles. The predicted octanol–water partition coefficient (Wildman–Crippen LogP) is 2.40. The molecule has 1 rings (SSSR count). The Morgan fingerprint density at radius 2 is 1.62 bits per heavy atom. The van der Waals surface area contributed by atoms with Gasteiger partial charge in [0.05, 0.1) is 0 Å². The van der Waals surface area contributed by atoms with Crippen LogP contribution in [0.4, 0.5) is 13.2 Å². The van der Waals surface area contributed by atoms with Crippen LogP contribution in [0, 0.1) is 0 Å². The molecule has 1 aliphatic heterocycles. The molecule has 96 valence electrons. The van der Waals surface area contributed by atoms with E-state index in [1.165, 1.54) is 25.9 Å². The van der Waals surface area contributed by atoms with Crippen molar-refractivity contribution < 1.29 is 13.2 Å². The van der Waals surface area contributed by atoms with E-state index in [0.717, 1.165) is 19.5 Å². The van der Waals surface area contributed by atoms with Crippen LogP contribution >= 0.6 is 0 Å². The molecule has 0 aromatic heterocycles. The van der Waals surface area contributed by atoms with E-state index in [0.29, 0.717) is 6.54 Å². The van der Waals surface area contributed by atoms with Gasteiger partial charge in [-0.05, 0) is 58.4 Å². The van der Waals surface area contributed by atoms with Gasteiger partial charge in [0.1, 0.15) is 0 Å². The minimum absolute atomic E-state index is 0.188. The molecule has 0 radical (unpaired) electrons. The highest BCUT2D eigenvalue weighted by Gasteiger charge is 2.25. The molecule has 1 fully saturated rings. The molecule has 0 atom stereocenters. The number of rotatable bonds is 7. The van der Waals surface area contributed by atoms with Gasteiger partial charge in [0.25, 0.3) is 0 Å². The first-order valence-electron chi connectivity index (χ1n) is 6.08. The van der Waals surface area contributed by atoms with Crippen molar-refractivity contribution >= 4 is 0 Å². The Bertz CT molecular complexity index is 177. The summed E-state index contributed by atoms with van der Waals surface area (Å²) >= 11 is 0. The molecule has 0 bridgehead atoms. The van der Waals surface area contributed by atoms with Crippen LogP contribution in [0.2, 0.25) is 0 Å². The maximum absolute atomic E-state index is 11.8. The Morgan fingerprint density at radius 1 is 1.00 bits per heavy atom. The lowest BCUT2D eigenvalue weighted by atomic mass is 10.3. The topological polar surface area (TPSA) is 15.3 Å². The standard InChI is InChI=1S/C11H21F3N2/c12-11(13,14)5-3-6-15-7-4-10-16-8-1-2-9-16/h15H,1-10H2. The van der Waals surface area contributed by atoms with E-state index in [2.05, 4.69) is 10.2 Å². The first kappa shape index (κ1) is 13.8. The normalized spacial score (nSPS) is 18.2. The van der Waals surface area contributed by atoms with Crippen molar-refractivity contribution in [3.05, 3.63) is 0 Å². The molecule has 5 heteroatoms. The van der Waals surface area contributed by atoms with Crippen molar-refractivity contribution in [3.8, 4) is 0 Å². The van der Waals surface area contributed by atoms with Crippen LogP contribution in [-0.4, -0.2) is 43.8 Å². The molecule has 2 nitrogen and oxygen atoms in total. The van der Waals surface area contributed by atoms with E-state index in [1.807, 2.05) is 0 Å². The summed E-state index contributed by atoms with van der Waals surface area (Å²) in [6.07, 6.45) is -0.874. The average Bonchev–Trinajstić information content (AvgIpc) is 2.67. The lowest BCUT2D eigenvalue weighted by molar-refractivity contribution is -0.135. The summed E-state index contributed by atoms with van der Waals surface area (Å²) in [6, 6.07) is 0. The van der Waals surface area contributed by atoms with Crippen LogP contribution in [0.5, 0.6) is 0 Å². The lowest BCUT2D eigenvalue weighted by Gasteiger charge is -2.14. The second kappa shape index (κ2) is 7.12. The highest BCUT2D eigenvalue weighted by Crippen LogP contribution is 2.20. The molecule has 1 N–H and O–H groups in total. The third kappa shape index (κ3) is 7.06. The number of halogens is 3. The highest BCUT2D eigenvalue weighted by molar-refractivity contribution is 4.66. The molecule has 1 saturated heterocycles. The molecule has 1 aliphatic rings. The number of nitrogens with zero attached hydrogens (tertiary/aromatic N) is 1. The monoisotopic (exact) mass is 238 g/mol. The quantitative estimate of drug-likeness (QED) is 0.685. The molecule has 0 aromatic rings. The van der Waals surface area contributed by atoms with Gasteiger partial charge in [-0.15, -0.1) is 0 Å². The SMILES string of the molecule is FC(F)(F)CCCNCCCN1CCCC1. The molecular weight excluding hydrogens is 217 g/mol. The van der Waals surface area contributed by atoms with Gasteiger partial charge in [-0.1, -0.05) is 0 Å². The van der Waals surface area contributed by atoms with E-state index in [9.17, 15) is 13.2 Å². The van der Waals surface area contributed by atoms with Crippen molar-refractivity contribution in [3.63, 3.8) is 0 Å². The highest BCUT2D eigenvalue weighted by atomic mass is 19.4. The van der Waals surface area contributed by atoms with Crippen LogP contribution < -0.4 is 5.32 Å². The van der Waals surface area contributed by atoms with Crippen LogP contribution in [0.25, 0.3) is 0 Å². The van der Waals surface area contributed by atoms with Gasteiger partial charge in [0.15, 0.2) is 0 Å². The number of hydrogen-bond donors (Lipinski definition) is 1. The first-order valence-corrected chi connectivity index (χ1v) is 6.08. The molecule has 0 spiro atoms. The fourth-order valence-electron chi connectivity index (χ4n) is 1.97. The number of nitrogens with one attached hydrogen (secondary N) is 1. The van der Waals surface area contributed by atoms with E-state index in [4.69, 9.17) is 0 Å². The second-order valence-corrected chi connectivity index (χ2v) is 4.37. The maximum Gasteiger partial charge on any atom is 0.389 e. The van der Waals surface area contributed by atoms with Gasteiger partial charge >= 0.3 is 6.18 Å². The number of alkyl halides is 3. The van der Waals surface area contributed by atoms with Crippen molar-refractivity contribution in [2.75, 3.05) is 32.7 Å². The van der Waals surface area contributed by atoms with Crippen LogP contribution in [0.1, 0.15) is 32.1 Å². The van der Waals surface area contributed by atoms with E-state index < -0.39 is 12.6 Å². The average molecular weight is 238 g/mol. The largest absolute Gasteiger partial charge is 0.389 e. The Balaban J connectivity index is 1.81. The summed E-state index contributed by atoms with van der Waals surface area (Å²) in [7, 11) is 0. The molecule has 16 heavy (non-hydrogen) atoms. The van der Waals surface area contributed by atoms with Crippen molar-refractivity contribution in [2.45, 2.75) is 38.3 Å². The lowest BCUT2D eigenvalue weighted by Crippen LogP contribution is -2.25. The zero-order valence-corrected chi connectivity index (χ0v) is 9.65. The number of likely N-dealkylation sites (tertiary alicyclic amines) is 1. The first-order chi connectivity index (χ1) is 7.58. The van der Waals surface area contributed by atoms with Gasteiger partial charge in [-0.25, -0.2) is 0 Å². The van der Waals surface area contributed by atoms with Gasteiger partial charge in [-0.3, -0.25) is 0 Å². The summed E-state index contributed by atoms with van der Waals surface area (Å²) in [6.45, 7) is 4.75. The predicted molar refractivity (Wildman–Crippen MR) is 58.4 cm³/mol. The minimum Gasteiger partial charge on any atom is -0.317 e. The van der Waals surface area contributed by atoms with E-state index in [-0.39, 0.29) is 6.42 Å². The van der Waals surface area contributed by atoms with Gasteiger partial charge < -0.3 is 10.2 Å². The van der Waals surface area contributed by atoms with Gasteiger partial charge in [0.2, 0.25) is 0 Å². The van der Waals surface area contributed by atoms with Crippen molar-refractivity contribution in [1.82, 2.24) is 10.2 Å². The molecular formula is C11H21F3N2. The third-order valence-corrected chi connectivity index (χ3v) is 2.84. The summed E-state index contributed by atoms with van der Waals surface area (Å²) in [4.78, 5) is 2.41. The summed E-state index contributed by atoms with van der Waals surface area (Å²) in [5.41, 5.74) is 0. The van der Waals surface area contributed by atoms with Gasteiger partial charge in [0, 0.05) is 6.42 Å². The Morgan fingerprint density at radius 3 is 2.25 bits per heavy atom. The molecule has 1 heterocycles. The maximum atomic E-state index is 11.8. The number of hydrogen-bond acceptors (Lipinski definition) is 2. The van der Waals surface area contributed by atoms with Crippen LogP contribution in [0.15, 0.2) is 0 Å². The van der Waals surface area contributed by atoms with Crippen molar-refractivity contribution in [1.29, 1.82) is 0 Å². The third-order valence-electron chi connectivity index (χ3n) is 2.84. The molecule has 0 amide bonds. The van der Waals surface area contributed by atoms with Crippen LogP contribution in [-0.2, 0) is 0 Å². The van der Waals surface area contributed by atoms with E-state index in [1.54, 1.807) is 0 Å². The van der Waals surface area contributed by atoms with Gasteiger partial charge in [-0.2, -0.15) is 13.2 Å². The summed E-state index contributed by atoms with van der Waals surface area (Å²) in [5, 5.41) is 3.06. The summed E-state index contributed by atoms with van der Waals surface area (Å²) in [5.74, 6) is 0. The fourth-order valence-corrected chi connectivity index (χ4v) is 1.97. The molecule has 0 aromatic carbocycles. The minimum atomic E-state index is -4.00. The Hall–Kier alpha value is -0.290. The molecule has 0 saturated carbocycles. The Labute approximate surface area is 95.2 Å². The fraction of sp³-hybridized carbons (Fsp3) is 1.00. The van der Waals surface area contributed by atoms with Crippen molar-refractivity contribution in [2.24, 2.45) is 0 Å². The molecule has 0 unspecified atom stereocenters. The zero-order valence-electron chi connectivity index (χ0n) is 9.65. The van der Waals surface area contributed by atoms with E-state index >= 15 is 0 Å². The second-order valence-electron chi connectivity index (χ2n) is 4.37.